The molecule has 0 unspecified atom stereocenters. The average molecular weight is 298 g/mol. The first-order valence-corrected chi connectivity index (χ1v) is 7.36. The molecule has 2 aromatic rings. The zero-order chi connectivity index (χ0) is 14.7. The molecule has 21 heavy (non-hydrogen) atoms. The predicted molar refractivity (Wildman–Crippen MR) is 87.3 cm³/mol. The molecule has 0 saturated heterocycles. The quantitative estimate of drug-likeness (QED) is 0.673. The van der Waals surface area contributed by atoms with Crippen LogP contribution in [0.1, 0.15) is 24.0 Å². The van der Waals surface area contributed by atoms with Crippen LogP contribution < -0.4 is 11.1 Å². The molecular weight excluding hydrogens is 282 g/mol. The van der Waals surface area contributed by atoms with Crippen molar-refractivity contribution >= 4 is 23.0 Å². The van der Waals surface area contributed by atoms with E-state index in [9.17, 15) is 0 Å². The Bertz CT molecular complexity index is 697. The Labute approximate surface area is 129 Å². The number of nitrogens with two attached hydrogens (primary N) is 1. The largest absolute Gasteiger partial charge is 0.396 e. The number of benzene rings is 1. The molecule has 1 aliphatic carbocycles. The highest BCUT2D eigenvalue weighted by atomic mass is 35.5. The molecule has 0 spiro atoms. The van der Waals surface area contributed by atoms with Crippen LogP contribution in [0.5, 0.6) is 0 Å². The number of nitrogens with one attached hydrogen (secondary N) is 1. The zero-order valence-electron chi connectivity index (χ0n) is 11.6. The second kappa shape index (κ2) is 6.07. The zero-order valence-corrected chi connectivity index (χ0v) is 12.3. The first-order chi connectivity index (χ1) is 10.2. The third kappa shape index (κ3) is 3.48. The van der Waals surface area contributed by atoms with Crippen molar-refractivity contribution in [2.75, 3.05) is 17.6 Å². The molecule has 1 heterocycles. The van der Waals surface area contributed by atoms with E-state index in [1.54, 1.807) is 12.4 Å². The van der Waals surface area contributed by atoms with E-state index < -0.39 is 0 Å². The molecule has 1 fully saturated rings. The summed E-state index contributed by atoms with van der Waals surface area (Å²) in [4.78, 5) is 3.96. The Morgan fingerprint density at radius 1 is 1.19 bits per heavy atom. The first-order valence-electron chi connectivity index (χ1n) is 6.98. The molecule has 3 rings (SSSR count). The molecule has 0 aliphatic heterocycles. The van der Waals surface area contributed by atoms with Crippen molar-refractivity contribution in [3.63, 3.8) is 0 Å². The number of hydrogen-bond acceptors (Lipinski definition) is 3. The lowest BCUT2D eigenvalue weighted by atomic mass is 10.1. The van der Waals surface area contributed by atoms with Crippen molar-refractivity contribution in [3.8, 4) is 11.8 Å². The fourth-order valence-electron chi connectivity index (χ4n) is 1.99. The summed E-state index contributed by atoms with van der Waals surface area (Å²) in [6.45, 7) is 0.961. The Morgan fingerprint density at radius 3 is 2.67 bits per heavy atom. The van der Waals surface area contributed by atoms with Crippen LogP contribution in [-0.4, -0.2) is 11.5 Å². The number of anilines is 2. The third-order valence-corrected chi connectivity index (χ3v) is 3.89. The smallest absolute Gasteiger partial charge is 0.0813 e. The van der Waals surface area contributed by atoms with Gasteiger partial charge in [0.05, 0.1) is 16.4 Å². The van der Waals surface area contributed by atoms with Gasteiger partial charge in [0, 0.05) is 30.1 Å². The monoisotopic (exact) mass is 297 g/mol. The number of aromatic nitrogens is 1. The van der Waals surface area contributed by atoms with E-state index in [2.05, 4.69) is 22.1 Å². The first kappa shape index (κ1) is 13.8. The fourth-order valence-corrected chi connectivity index (χ4v) is 2.21. The summed E-state index contributed by atoms with van der Waals surface area (Å²) in [5, 5.41) is 3.86. The minimum absolute atomic E-state index is 0.511. The Kier molecular flexibility index (Phi) is 3.98. The number of nitrogens with zero attached hydrogens (tertiary/aromatic N) is 1. The van der Waals surface area contributed by atoms with E-state index in [0.717, 1.165) is 29.3 Å². The molecule has 1 aromatic carbocycles. The lowest BCUT2D eigenvalue weighted by Crippen LogP contribution is -2.06. The summed E-state index contributed by atoms with van der Waals surface area (Å²) in [5.74, 6) is 6.90. The van der Waals surface area contributed by atoms with Gasteiger partial charge in [0.15, 0.2) is 0 Å². The summed E-state index contributed by atoms with van der Waals surface area (Å²) < 4.78 is 0. The average Bonchev–Trinajstić information content (AvgIpc) is 3.33. The lowest BCUT2D eigenvalue weighted by Gasteiger charge is -2.11. The summed E-state index contributed by atoms with van der Waals surface area (Å²) >= 11 is 6.32. The van der Waals surface area contributed by atoms with Crippen LogP contribution in [0.25, 0.3) is 0 Å². The maximum atomic E-state index is 6.32. The van der Waals surface area contributed by atoms with Crippen molar-refractivity contribution in [3.05, 3.63) is 52.8 Å². The molecular formula is C17H16ClN3. The van der Waals surface area contributed by atoms with E-state index in [1.807, 2.05) is 24.3 Å². The van der Waals surface area contributed by atoms with Crippen molar-refractivity contribution in [1.82, 2.24) is 4.98 Å². The number of halogens is 1. The molecule has 1 aromatic heterocycles. The molecule has 0 atom stereocenters. The maximum absolute atomic E-state index is 6.32. The van der Waals surface area contributed by atoms with Crippen molar-refractivity contribution in [2.45, 2.75) is 12.8 Å². The summed E-state index contributed by atoms with van der Waals surface area (Å²) in [7, 11) is 0. The molecule has 0 amide bonds. The SMILES string of the molecule is Nc1c(NCC2CC2)ccc(C#Cc2ccncc2)c1Cl. The normalized spacial score (nSPS) is 13.4. The topological polar surface area (TPSA) is 50.9 Å². The molecule has 0 bridgehead atoms. The van der Waals surface area contributed by atoms with Gasteiger partial charge in [0.2, 0.25) is 0 Å². The minimum atomic E-state index is 0.511. The van der Waals surface area contributed by atoms with Gasteiger partial charge in [-0.1, -0.05) is 23.4 Å². The second-order valence-electron chi connectivity index (χ2n) is 5.20. The fraction of sp³-hybridized carbons (Fsp3) is 0.235. The maximum Gasteiger partial charge on any atom is 0.0813 e. The second-order valence-corrected chi connectivity index (χ2v) is 5.58. The summed E-state index contributed by atoms with van der Waals surface area (Å²) in [5.41, 5.74) is 9.18. The van der Waals surface area contributed by atoms with Crippen LogP contribution >= 0.6 is 11.6 Å². The highest BCUT2D eigenvalue weighted by Crippen LogP contribution is 2.33. The van der Waals surface area contributed by atoms with E-state index in [4.69, 9.17) is 17.3 Å². The Balaban J connectivity index is 1.80. The molecule has 0 radical (unpaired) electrons. The van der Waals surface area contributed by atoms with Crippen LogP contribution in [0.15, 0.2) is 36.7 Å². The van der Waals surface area contributed by atoms with Gasteiger partial charge in [-0.3, -0.25) is 4.98 Å². The van der Waals surface area contributed by atoms with Gasteiger partial charge >= 0.3 is 0 Å². The molecule has 1 saturated carbocycles. The lowest BCUT2D eigenvalue weighted by molar-refractivity contribution is 0.890. The highest BCUT2D eigenvalue weighted by molar-refractivity contribution is 6.35. The molecule has 106 valence electrons. The van der Waals surface area contributed by atoms with Gasteiger partial charge in [-0.2, -0.15) is 0 Å². The third-order valence-electron chi connectivity index (χ3n) is 3.48. The predicted octanol–water partition coefficient (Wildman–Crippen LogP) is 3.54. The summed E-state index contributed by atoms with van der Waals surface area (Å²) in [6, 6.07) is 7.56. The standard InChI is InChI=1S/C17H16ClN3/c18-16-14(4-3-12-7-9-20-10-8-12)5-6-15(17(16)19)21-11-13-1-2-13/h5-10,13,21H,1-2,11,19H2. The van der Waals surface area contributed by atoms with Gasteiger partial charge in [0.1, 0.15) is 0 Å². The van der Waals surface area contributed by atoms with Crippen LogP contribution in [0.4, 0.5) is 11.4 Å². The molecule has 3 N–H and O–H groups in total. The highest BCUT2D eigenvalue weighted by Gasteiger charge is 2.21. The molecule has 3 nitrogen and oxygen atoms in total. The van der Waals surface area contributed by atoms with Crippen LogP contribution in [-0.2, 0) is 0 Å². The van der Waals surface area contributed by atoms with Crippen LogP contribution in [0.3, 0.4) is 0 Å². The number of hydrogen-bond donors (Lipinski definition) is 2. The van der Waals surface area contributed by atoms with E-state index in [-0.39, 0.29) is 0 Å². The summed E-state index contributed by atoms with van der Waals surface area (Å²) in [6.07, 6.45) is 6.03. The van der Waals surface area contributed by atoms with E-state index in [0.29, 0.717) is 10.7 Å². The van der Waals surface area contributed by atoms with Gasteiger partial charge < -0.3 is 11.1 Å². The molecule has 4 heteroatoms. The number of rotatable bonds is 3. The van der Waals surface area contributed by atoms with Crippen LogP contribution in [0, 0.1) is 17.8 Å². The van der Waals surface area contributed by atoms with E-state index in [1.165, 1.54) is 12.8 Å². The van der Waals surface area contributed by atoms with Crippen molar-refractivity contribution in [1.29, 1.82) is 0 Å². The number of pyridine rings is 1. The van der Waals surface area contributed by atoms with Crippen molar-refractivity contribution < 1.29 is 0 Å². The van der Waals surface area contributed by atoms with E-state index >= 15 is 0 Å². The van der Waals surface area contributed by atoms with Gasteiger partial charge in [-0.05, 0) is 43.0 Å². The van der Waals surface area contributed by atoms with Gasteiger partial charge in [-0.15, -0.1) is 0 Å². The Morgan fingerprint density at radius 2 is 1.95 bits per heavy atom. The van der Waals surface area contributed by atoms with Crippen molar-refractivity contribution in [2.24, 2.45) is 5.92 Å². The minimum Gasteiger partial charge on any atom is -0.396 e. The van der Waals surface area contributed by atoms with Gasteiger partial charge in [-0.25, -0.2) is 0 Å². The van der Waals surface area contributed by atoms with Gasteiger partial charge in [0.25, 0.3) is 0 Å². The number of nitrogen functional groups attached to an aromatic ring is 1. The molecule has 1 aliphatic rings. The van der Waals surface area contributed by atoms with Crippen LogP contribution in [0.2, 0.25) is 5.02 Å². The Hall–Kier alpha value is -2.18.